The molecule has 0 bridgehead atoms. The first-order valence-corrected chi connectivity index (χ1v) is 7.07. The molecule has 0 unspecified atom stereocenters. The normalized spacial score (nSPS) is 13.0. The molecule has 98 valence electrons. The molecular weight excluding hydrogens is 304 g/mol. The third-order valence-corrected chi connectivity index (χ3v) is 4.25. The highest BCUT2D eigenvalue weighted by atomic mass is 79.9. The van der Waals surface area contributed by atoms with Gasteiger partial charge < -0.3 is 9.64 Å². The molecule has 1 aromatic carbocycles. The lowest BCUT2D eigenvalue weighted by molar-refractivity contribution is 0.357. The zero-order valence-corrected chi connectivity index (χ0v) is 12.6. The third kappa shape index (κ3) is 2.32. The second kappa shape index (κ2) is 4.85. The predicted molar refractivity (Wildman–Crippen MR) is 80.4 cm³/mol. The molecule has 1 aliphatic heterocycles. The summed E-state index contributed by atoms with van der Waals surface area (Å²) in [5.41, 5.74) is 3.41. The van der Waals surface area contributed by atoms with E-state index in [-0.39, 0.29) is 0 Å². The van der Waals surface area contributed by atoms with Crippen LogP contribution in [0.15, 0.2) is 34.8 Å². The zero-order valence-electron chi connectivity index (χ0n) is 11.0. The number of rotatable bonds is 2. The molecule has 0 fully saturated rings. The van der Waals surface area contributed by atoms with Crippen LogP contribution in [0.5, 0.6) is 5.75 Å². The van der Waals surface area contributed by atoms with E-state index in [1.54, 1.807) is 0 Å². The third-order valence-electron chi connectivity index (χ3n) is 3.41. The van der Waals surface area contributed by atoms with Crippen LogP contribution in [0.1, 0.15) is 11.3 Å². The molecule has 0 saturated heterocycles. The van der Waals surface area contributed by atoms with Crippen LogP contribution >= 0.6 is 15.9 Å². The Balaban J connectivity index is 1.94. The lowest BCUT2D eigenvalue weighted by Gasteiger charge is -2.19. The fraction of sp³-hybridized carbons (Fsp3) is 0.267. The van der Waals surface area contributed by atoms with Gasteiger partial charge in [-0.1, -0.05) is 0 Å². The van der Waals surface area contributed by atoms with Gasteiger partial charge in [0.2, 0.25) is 0 Å². The number of anilines is 2. The van der Waals surface area contributed by atoms with E-state index < -0.39 is 0 Å². The van der Waals surface area contributed by atoms with Crippen LogP contribution in [-0.4, -0.2) is 18.6 Å². The van der Waals surface area contributed by atoms with Gasteiger partial charge in [0.05, 0.1) is 12.3 Å². The summed E-state index contributed by atoms with van der Waals surface area (Å²) >= 11 is 3.48. The Labute approximate surface area is 121 Å². The molecule has 0 spiro atoms. The van der Waals surface area contributed by atoms with Crippen molar-refractivity contribution in [1.82, 2.24) is 4.98 Å². The van der Waals surface area contributed by atoms with Crippen LogP contribution in [0, 0.1) is 6.92 Å². The van der Waals surface area contributed by atoms with E-state index in [0.717, 1.165) is 40.4 Å². The molecule has 1 aliphatic rings. The molecule has 3 rings (SSSR count). The number of nitrogens with zero attached hydrogens (tertiary/aromatic N) is 2. The van der Waals surface area contributed by atoms with Crippen molar-refractivity contribution in [2.45, 2.75) is 13.3 Å². The largest absolute Gasteiger partial charge is 0.493 e. The summed E-state index contributed by atoms with van der Waals surface area (Å²) < 4.78 is 6.57. The Morgan fingerprint density at radius 2 is 2.11 bits per heavy atom. The summed E-state index contributed by atoms with van der Waals surface area (Å²) in [6, 6.07) is 10.3. The van der Waals surface area contributed by atoms with Gasteiger partial charge in [0.15, 0.2) is 0 Å². The number of hydrogen-bond donors (Lipinski definition) is 0. The van der Waals surface area contributed by atoms with Crippen LogP contribution < -0.4 is 9.64 Å². The van der Waals surface area contributed by atoms with Crippen molar-refractivity contribution >= 4 is 27.4 Å². The Kier molecular flexibility index (Phi) is 3.19. The first-order chi connectivity index (χ1) is 9.15. The zero-order chi connectivity index (χ0) is 13.4. The number of aryl methyl sites for hydroxylation is 1. The van der Waals surface area contributed by atoms with E-state index in [1.807, 2.05) is 32.2 Å². The molecule has 1 aromatic heterocycles. The minimum Gasteiger partial charge on any atom is -0.493 e. The second-order valence-electron chi connectivity index (χ2n) is 4.69. The van der Waals surface area contributed by atoms with Crippen molar-refractivity contribution in [3.05, 3.63) is 46.1 Å². The average Bonchev–Trinajstić information content (AvgIpc) is 2.88. The van der Waals surface area contributed by atoms with Gasteiger partial charge in [0.1, 0.15) is 11.6 Å². The number of hydrogen-bond acceptors (Lipinski definition) is 3. The summed E-state index contributed by atoms with van der Waals surface area (Å²) in [6.07, 6.45) is 0.990. The summed E-state index contributed by atoms with van der Waals surface area (Å²) in [4.78, 5) is 6.69. The van der Waals surface area contributed by atoms with Gasteiger partial charge in [-0.15, -0.1) is 0 Å². The molecule has 0 amide bonds. The topological polar surface area (TPSA) is 25.4 Å². The number of pyridine rings is 1. The summed E-state index contributed by atoms with van der Waals surface area (Å²) in [7, 11) is 2.03. The lowest BCUT2D eigenvalue weighted by atomic mass is 10.1. The standard InChI is InChI=1S/C15H15BrN2O/c1-10-13(16)4-6-15(17-10)18(2)12-3-5-14-11(9-12)7-8-19-14/h3-6,9H,7-8H2,1-2H3. The quantitative estimate of drug-likeness (QED) is 0.840. The molecule has 0 saturated carbocycles. The van der Waals surface area contributed by atoms with Crippen LogP contribution in [0.2, 0.25) is 0 Å². The van der Waals surface area contributed by atoms with E-state index in [1.165, 1.54) is 5.56 Å². The average molecular weight is 319 g/mol. The van der Waals surface area contributed by atoms with Crippen molar-refractivity contribution < 1.29 is 4.74 Å². The van der Waals surface area contributed by atoms with Crippen molar-refractivity contribution in [3.63, 3.8) is 0 Å². The number of ether oxygens (including phenoxy) is 1. The maximum absolute atomic E-state index is 5.53. The van der Waals surface area contributed by atoms with Crippen LogP contribution in [0.25, 0.3) is 0 Å². The number of fused-ring (bicyclic) bond motifs is 1. The Morgan fingerprint density at radius 1 is 1.26 bits per heavy atom. The van der Waals surface area contributed by atoms with Gasteiger partial charge in [0.25, 0.3) is 0 Å². The van der Waals surface area contributed by atoms with Crippen LogP contribution in [0.4, 0.5) is 11.5 Å². The molecule has 2 heterocycles. The number of halogens is 1. The van der Waals surface area contributed by atoms with E-state index in [9.17, 15) is 0 Å². The smallest absolute Gasteiger partial charge is 0.133 e. The summed E-state index contributed by atoms with van der Waals surface area (Å²) in [5, 5.41) is 0. The first-order valence-electron chi connectivity index (χ1n) is 6.28. The van der Waals surface area contributed by atoms with Gasteiger partial charge in [-0.25, -0.2) is 4.98 Å². The van der Waals surface area contributed by atoms with Crippen molar-refractivity contribution in [3.8, 4) is 5.75 Å². The molecule has 19 heavy (non-hydrogen) atoms. The fourth-order valence-electron chi connectivity index (χ4n) is 2.23. The number of benzene rings is 1. The molecule has 0 atom stereocenters. The lowest BCUT2D eigenvalue weighted by Crippen LogP contribution is -2.11. The monoisotopic (exact) mass is 318 g/mol. The maximum Gasteiger partial charge on any atom is 0.133 e. The summed E-state index contributed by atoms with van der Waals surface area (Å²) in [6.45, 7) is 2.79. The highest BCUT2D eigenvalue weighted by Crippen LogP contribution is 2.31. The van der Waals surface area contributed by atoms with Gasteiger partial charge in [0, 0.05) is 23.6 Å². The highest BCUT2D eigenvalue weighted by molar-refractivity contribution is 9.10. The molecular formula is C15H15BrN2O. The molecule has 2 aromatic rings. The SMILES string of the molecule is Cc1nc(N(C)c2ccc3c(c2)CCO3)ccc1Br. The maximum atomic E-state index is 5.53. The Morgan fingerprint density at radius 3 is 2.89 bits per heavy atom. The molecule has 3 nitrogen and oxygen atoms in total. The Hall–Kier alpha value is -1.55. The molecule has 0 aliphatic carbocycles. The van der Waals surface area contributed by atoms with Gasteiger partial charge in [-0.05, 0) is 58.7 Å². The van der Waals surface area contributed by atoms with Crippen LogP contribution in [0.3, 0.4) is 0 Å². The predicted octanol–water partition coefficient (Wildman–Crippen LogP) is 3.86. The summed E-state index contributed by atoms with van der Waals surface area (Å²) in [5.74, 6) is 1.96. The van der Waals surface area contributed by atoms with Gasteiger partial charge in [-0.2, -0.15) is 0 Å². The second-order valence-corrected chi connectivity index (χ2v) is 5.54. The van der Waals surface area contributed by atoms with Crippen molar-refractivity contribution in [2.75, 3.05) is 18.6 Å². The molecule has 0 N–H and O–H groups in total. The van der Waals surface area contributed by atoms with Crippen LogP contribution in [-0.2, 0) is 6.42 Å². The highest BCUT2D eigenvalue weighted by Gasteiger charge is 2.14. The van der Waals surface area contributed by atoms with E-state index in [2.05, 4.69) is 37.9 Å². The van der Waals surface area contributed by atoms with E-state index in [0.29, 0.717) is 0 Å². The number of aromatic nitrogens is 1. The fourth-order valence-corrected chi connectivity index (χ4v) is 2.45. The van der Waals surface area contributed by atoms with Crippen molar-refractivity contribution in [1.29, 1.82) is 0 Å². The minimum atomic E-state index is 0.790. The Bertz CT molecular complexity index is 628. The van der Waals surface area contributed by atoms with E-state index >= 15 is 0 Å². The first kappa shape index (κ1) is 12.5. The van der Waals surface area contributed by atoms with Gasteiger partial charge in [-0.3, -0.25) is 0 Å². The molecule has 0 radical (unpaired) electrons. The van der Waals surface area contributed by atoms with Gasteiger partial charge >= 0.3 is 0 Å². The van der Waals surface area contributed by atoms with Crippen molar-refractivity contribution in [2.24, 2.45) is 0 Å². The minimum absolute atomic E-state index is 0.790. The molecule has 4 heteroatoms. The van der Waals surface area contributed by atoms with E-state index in [4.69, 9.17) is 4.74 Å².